The summed E-state index contributed by atoms with van der Waals surface area (Å²) in [5.41, 5.74) is 2.95. The number of halogens is 1. The largest absolute Gasteiger partial charge is 0.465 e. The molecule has 0 aromatic heterocycles. The lowest BCUT2D eigenvalue weighted by atomic mass is 10.0. The number of hydrogen-bond donors (Lipinski definition) is 0. The second-order valence-electron chi connectivity index (χ2n) is 6.61. The van der Waals surface area contributed by atoms with Crippen LogP contribution in [0.2, 0.25) is 0 Å². The van der Waals surface area contributed by atoms with Crippen LogP contribution in [-0.4, -0.2) is 37.5 Å². The van der Waals surface area contributed by atoms with Crippen LogP contribution < -0.4 is 9.80 Å². The first kappa shape index (κ1) is 19.5. The van der Waals surface area contributed by atoms with Crippen molar-refractivity contribution in [3.63, 3.8) is 0 Å². The van der Waals surface area contributed by atoms with Crippen molar-refractivity contribution >= 4 is 29.2 Å². The molecule has 6 nitrogen and oxygen atoms in total. The van der Waals surface area contributed by atoms with Gasteiger partial charge in [-0.2, -0.15) is 0 Å². The molecule has 0 saturated heterocycles. The van der Waals surface area contributed by atoms with Crippen molar-refractivity contribution in [2.45, 2.75) is 20.8 Å². The molecule has 0 atom stereocenters. The van der Waals surface area contributed by atoms with Gasteiger partial charge in [-0.05, 0) is 62.2 Å². The highest BCUT2D eigenvalue weighted by Gasteiger charge is 2.34. The Labute approximate surface area is 162 Å². The Kier molecular flexibility index (Phi) is 5.44. The highest BCUT2D eigenvalue weighted by molar-refractivity contribution is 6.16. The molecule has 3 rings (SSSR count). The summed E-state index contributed by atoms with van der Waals surface area (Å²) in [4.78, 5) is 40.3. The molecule has 7 heteroatoms. The molecule has 1 aliphatic rings. The number of ether oxygens (including phenoxy) is 1. The fourth-order valence-corrected chi connectivity index (χ4v) is 3.13. The summed E-state index contributed by atoms with van der Waals surface area (Å²) in [7, 11) is 0. The van der Waals surface area contributed by atoms with Crippen LogP contribution in [0.25, 0.3) is 0 Å². The Morgan fingerprint density at radius 3 is 2.43 bits per heavy atom. The van der Waals surface area contributed by atoms with Gasteiger partial charge in [0.1, 0.15) is 18.9 Å². The molecule has 1 aliphatic heterocycles. The van der Waals surface area contributed by atoms with Crippen molar-refractivity contribution in [3.05, 3.63) is 58.9 Å². The van der Waals surface area contributed by atoms with E-state index in [2.05, 4.69) is 0 Å². The van der Waals surface area contributed by atoms with E-state index in [1.165, 1.54) is 28.0 Å². The minimum Gasteiger partial charge on any atom is -0.465 e. The topological polar surface area (TPSA) is 66.9 Å². The van der Waals surface area contributed by atoms with Gasteiger partial charge in [-0.1, -0.05) is 6.07 Å². The van der Waals surface area contributed by atoms with Gasteiger partial charge in [0, 0.05) is 5.56 Å². The lowest BCUT2D eigenvalue weighted by Crippen LogP contribution is -2.50. The number of amides is 2. The van der Waals surface area contributed by atoms with Crippen LogP contribution >= 0.6 is 0 Å². The Morgan fingerprint density at radius 1 is 1.11 bits per heavy atom. The quantitative estimate of drug-likeness (QED) is 0.760. The van der Waals surface area contributed by atoms with Crippen molar-refractivity contribution < 1.29 is 23.5 Å². The Morgan fingerprint density at radius 2 is 1.79 bits per heavy atom. The Balaban J connectivity index is 2.05. The van der Waals surface area contributed by atoms with E-state index in [-0.39, 0.29) is 25.3 Å². The molecule has 0 N–H and O–H groups in total. The number of carbonyl (C=O) groups is 3. The summed E-state index contributed by atoms with van der Waals surface area (Å²) < 4.78 is 18.5. The van der Waals surface area contributed by atoms with E-state index in [1.807, 2.05) is 13.8 Å². The van der Waals surface area contributed by atoms with Gasteiger partial charge in [0.15, 0.2) is 0 Å². The van der Waals surface area contributed by atoms with E-state index in [1.54, 1.807) is 19.1 Å². The SMILES string of the molecule is CCOC(=O)CN1C(=O)CN(C(=O)c2cccc(F)c2)c2cc(C)c(C)cc21. The maximum absolute atomic E-state index is 13.6. The number of benzene rings is 2. The van der Waals surface area contributed by atoms with Gasteiger partial charge >= 0.3 is 5.97 Å². The Bertz CT molecular complexity index is 957. The second kappa shape index (κ2) is 7.80. The first-order valence-corrected chi connectivity index (χ1v) is 8.96. The minimum absolute atomic E-state index is 0.149. The number of fused-ring (bicyclic) bond motifs is 1. The third kappa shape index (κ3) is 3.74. The maximum Gasteiger partial charge on any atom is 0.326 e. The molecule has 2 aromatic carbocycles. The van der Waals surface area contributed by atoms with E-state index in [4.69, 9.17) is 4.74 Å². The molecule has 2 amide bonds. The van der Waals surface area contributed by atoms with E-state index < -0.39 is 23.6 Å². The van der Waals surface area contributed by atoms with Crippen molar-refractivity contribution in [1.82, 2.24) is 0 Å². The number of aryl methyl sites for hydroxylation is 2. The van der Waals surface area contributed by atoms with Gasteiger partial charge < -0.3 is 4.74 Å². The summed E-state index contributed by atoms with van der Waals surface area (Å²) >= 11 is 0. The lowest BCUT2D eigenvalue weighted by molar-refractivity contribution is -0.142. The van der Waals surface area contributed by atoms with Crippen LogP contribution in [0.15, 0.2) is 36.4 Å². The average molecular weight is 384 g/mol. The molecule has 0 aliphatic carbocycles. The summed E-state index contributed by atoms with van der Waals surface area (Å²) in [6.45, 7) is 5.21. The van der Waals surface area contributed by atoms with Crippen LogP contribution in [0.3, 0.4) is 0 Å². The van der Waals surface area contributed by atoms with Crippen LogP contribution in [0.1, 0.15) is 28.4 Å². The summed E-state index contributed by atoms with van der Waals surface area (Å²) in [6, 6.07) is 8.91. The van der Waals surface area contributed by atoms with E-state index >= 15 is 0 Å². The highest BCUT2D eigenvalue weighted by atomic mass is 19.1. The number of esters is 1. The zero-order valence-corrected chi connectivity index (χ0v) is 16.0. The zero-order chi connectivity index (χ0) is 20.4. The van der Waals surface area contributed by atoms with Crippen LogP contribution in [0.5, 0.6) is 0 Å². The fourth-order valence-electron chi connectivity index (χ4n) is 3.13. The second-order valence-corrected chi connectivity index (χ2v) is 6.61. The molecule has 28 heavy (non-hydrogen) atoms. The van der Waals surface area contributed by atoms with Gasteiger partial charge in [0.2, 0.25) is 5.91 Å². The van der Waals surface area contributed by atoms with Crippen molar-refractivity contribution in [1.29, 1.82) is 0 Å². The number of hydrogen-bond acceptors (Lipinski definition) is 4. The molecule has 1 heterocycles. The number of rotatable bonds is 4. The van der Waals surface area contributed by atoms with Gasteiger partial charge in [-0.15, -0.1) is 0 Å². The van der Waals surface area contributed by atoms with E-state index in [0.29, 0.717) is 11.4 Å². The number of carbonyl (C=O) groups excluding carboxylic acids is 3. The average Bonchev–Trinajstić information content (AvgIpc) is 2.65. The van der Waals surface area contributed by atoms with E-state index in [0.717, 1.165) is 17.2 Å². The van der Waals surface area contributed by atoms with Gasteiger partial charge in [0.05, 0.1) is 18.0 Å². The fraction of sp³-hybridized carbons (Fsp3) is 0.286. The molecule has 0 bridgehead atoms. The van der Waals surface area contributed by atoms with Crippen molar-refractivity contribution in [2.24, 2.45) is 0 Å². The lowest BCUT2D eigenvalue weighted by Gasteiger charge is -2.36. The number of anilines is 2. The third-order valence-corrected chi connectivity index (χ3v) is 4.68. The smallest absolute Gasteiger partial charge is 0.326 e. The van der Waals surface area contributed by atoms with E-state index in [9.17, 15) is 18.8 Å². The predicted octanol–water partition coefficient (Wildman–Crippen LogP) is 3.00. The first-order chi connectivity index (χ1) is 13.3. The number of nitrogens with zero attached hydrogens (tertiary/aromatic N) is 2. The standard InChI is InChI=1S/C21H21FN2O4/c1-4-28-20(26)12-23-17-8-13(2)14(3)9-18(17)24(11-19(23)25)21(27)15-6-5-7-16(22)10-15/h5-10H,4,11-12H2,1-3H3. The van der Waals surface area contributed by atoms with Gasteiger partial charge in [-0.25, -0.2) is 4.39 Å². The summed E-state index contributed by atoms with van der Waals surface area (Å²) in [5.74, 6) is -1.94. The normalized spacial score (nSPS) is 13.4. The molecule has 0 spiro atoms. The molecular formula is C21H21FN2O4. The zero-order valence-electron chi connectivity index (χ0n) is 16.0. The maximum atomic E-state index is 13.6. The van der Waals surface area contributed by atoms with Gasteiger partial charge in [0.25, 0.3) is 5.91 Å². The molecule has 0 saturated carbocycles. The minimum atomic E-state index is -0.529. The monoisotopic (exact) mass is 384 g/mol. The molecule has 146 valence electrons. The third-order valence-electron chi connectivity index (χ3n) is 4.68. The van der Waals surface area contributed by atoms with Crippen molar-refractivity contribution in [3.8, 4) is 0 Å². The molecular weight excluding hydrogens is 363 g/mol. The predicted molar refractivity (Wildman–Crippen MR) is 103 cm³/mol. The summed E-state index contributed by atoms with van der Waals surface area (Å²) in [6.07, 6.45) is 0. The van der Waals surface area contributed by atoms with Crippen LogP contribution in [0, 0.1) is 19.7 Å². The van der Waals surface area contributed by atoms with Gasteiger partial charge in [-0.3, -0.25) is 24.2 Å². The molecule has 0 fully saturated rings. The molecule has 0 unspecified atom stereocenters. The highest BCUT2D eigenvalue weighted by Crippen LogP contribution is 2.36. The summed E-state index contributed by atoms with van der Waals surface area (Å²) in [5, 5.41) is 0. The molecule has 2 aromatic rings. The van der Waals surface area contributed by atoms with Crippen LogP contribution in [0.4, 0.5) is 15.8 Å². The van der Waals surface area contributed by atoms with Crippen LogP contribution in [-0.2, 0) is 14.3 Å². The first-order valence-electron chi connectivity index (χ1n) is 8.96. The van der Waals surface area contributed by atoms with Crippen molar-refractivity contribution in [2.75, 3.05) is 29.5 Å². The molecule has 0 radical (unpaired) electrons. The Hall–Kier alpha value is -3.22.